The van der Waals surface area contributed by atoms with E-state index in [2.05, 4.69) is 22.2 Å². The van der Waals surface area contributed by atoms with Gasteiger partial charge in [-0.05, 0) is 12.1 Å². The first-order valence-electron chi connectivity index (χ1n) is 5.54. The first kappa shape index (κ1) is 8.70. The van der Waals surface area contributed by atoms with Crippen LogP contribution >= 0.6 is 0 Å². The van der Waals surface area contributed by atoms with Gasteiger partial charge in [0.2, 0.25) is 0 Å². The van der Waals surface area contributed by atoms with Crippen molar-refractivity contribution in [1.29, 1.82) is 0 Å². The number of hydrogen-bond donors (Lipinski definition) is 0. The molecule has 0 N–H and O–H groups in total. The molecule has 0 aliphatic rings. The first-order valence-corrected chi connectivity index (χ1v) is 5.54. The van der Waals surface area contributed by atoms with Gasteiger partial charge in [-0.1, -0.05) is 36.4 Å². The van der Waals surface area contributed by atoms with Crippen LogP contribution in [0.3, 0.4) is 0 Å². The number of aromatic nitrogens is 3. The van der Waals surface area contributed by atoms with E-state index in [1.807, 2.05) is 40.9 Å². The highest BCUT2D eigenvalue weighted by Crippen LogP contribution is 2.25. The monoisotopic (exact) mass is 219 g/mol. The Balaban J connectivity index is 2.38. The number of nitrogens with zero attached hydrogens (tertiary/aromatic N) is 3. The van der Waals surface area contributed by atoms with E-state index in [9.17, 15) is 0 Å². The lowest BCUT2D eigenvalue weighted by molar-refractivity contribution is 0.952. The van der Waals surface area contributed by atoms with E-state index in [4.69, 9.17) is 0 Å². The predicted octanol–water partition coefficient (Wildman–Crippen LogP) is 3.04. The molecule has 0 amide bonds. The summed E-state index contributed by atoms with van der Waals surface area (Å²) in [6, 6.07) is 16.3. The quantitative estimate of drug-likeness (QED) is 0.455. The van der Waals surface area contributed by atoms with Gasteiger partial charge in [0.05, 0.1) is 16.6 Å². The van der Waals surface area contributed by atoms with Crippen molar-refractivity contribution in [3.63, 3.8) is 0 Å². The van der Waals surface area contributed by atoms with Crippen molar-refractivity contribution in [2.24, 2.45) is 0 Å². The molecule has 4 aromatic rings. The molecule has 0 saturated carbocycles. The zero-order chi connectivity index (χ0) is 11.2. The molecule has 0 atom stereocenters. The fraction of sp³-hybridized carbons (Fsp3) is 0. The Kier molecular flexibility index (Phi) is 1.56. The average molecular weight is 219 g/mol. The highest BCUT2D eigenvalue weighted by atomic mass is 15.2. The third-order valence-corrected chi connectivity index (χ3v) is 3.07. The van der Waals surface area contributed by atoms with Gasteiger partial charge in [0.1, 0.15) is 6.33 Å². The molecule has 0 bridgehead atoms. The van der Waals surface area contributed by atoms with E-state index >= 15 is 0 Å². The van der Waals surface area contributed by atoms with E-state index in [0.717, 1.165) is 21.9 Å². The molecule has 2 aromatic carbocycles. The highest BCUT2D eigenvalue weighted by Gasteiger charge is 2.07. The second-order valence-electron chi connectivity index (χ2n) is 4.07. The van der Waals surface area contributed by atoms with Crippen molar-refractivity contribution in [2.45, 2.75) is 0 Å². The third-order valence-electron chi connectivity index (χ3n) is 3.07. The molecule has 80 valence electrons. The second-order valence-corrected chi connectivity index (χ2v) is 4.07. The van der Waals surface area contributed by atoms with Crippen LogP contribution in [0.25, 0.3) is 27.3 Å². The van der Waals surface area contributed by atoms with Crippen LogP contribution in [0.4, 0.5) is 0 Å². The van der Waals surface area contributed by atoms with Crippen molar-refractivity contribution in [2.75, 3.05) is 0 Å². The zero-order valence-electron chi connectivity index (χ0n) is 9.04. The van der Waals surface area contributed by atoms with Crippen molar-refractivity contribution in [1.82, 2.24) is 14.6 Å². The van der Waals surface area contributed by atoms with Gasteiger partial charge < -0.3 is 0 Å². The smallest absolute Gasteiger partial charge is 0.118 e. The molecule has 0 aliphatic heterocycles. The van der Waals surface area contributed by atoms with Crippen LogP contribution in [-0.2, 0) is 0 Å². The molecule has 17 heavy (non-hydrogen) atoms. The van der Waals surface area contributed by atoms with Crippen LogP contribution in [0.15, 0.2) is 54.9 Å². The van der Waals surface area contributed by atoms with Crippen molar-refractivity contribution in [3.05, 3.63) is 54.9 Å². The SMILES string of the molecule is c1ccc2c(c1)ncn1nc3ccccc3c21. The predicted molar refractivity (Wildman–Crippen MR) is 68.0 cm³/mol. The van der Waals surface area contributed by atoms with Crippen LogP contribution in [0.5, 0.6) is 0 Å². The standard InChI is InChI=1S/C14H9N3/c1-3-7-12-10(5-1)14-11-6-2-4-8-13(11)16-17(14)9-15-12/h1-9H. The Labute approximate surface area is 97.3 Å². The first-order chi connectivity index (χ1) is 8.43. The summed E-state index contributed by atoms with van der Waals surface area (Å²) >= 11 is 0. The molecule has 0 fully saturated rings. The van der Waals surface area contributed by atoms with Gasteiger partial charge in [0.25, 0.3) is 0 Å². The molecule has 2 heterocycles. The molecular formula is C14H9N3. The summed E-state index contributed by atoms with van der Waals surface area (Å²) in [7, 11) is 0. The van der Waals surface area contributed by atoms with Gasteiger partial charge in [0.15, 0.2) is 0 Å². The van der Waals surface area contributed by atoms with Gasteiger partial charge in [-0.2, -0.15) is 5.10 Å². The van der Waals surface area contributed by atoms with Crippen LogP contribution in [0, 0.1) is 0 Å². The summed E-state index contributed by atoms with van der Waals surface area (Å²) in [4.78, 5) is 4.41. The topological polar surface area (TPSA) is 30.2 Å². The average Bonchev–Trinajstić information content (AvgIpc) is 2.77. The second kappa shape index (κ2) is 3.04. The summed E-state index contributed by atoms with van der Waals surface area (Å²) in [5.41, 5.74) is 3.14. The van der Waals surface area contributed by atoms with E-state index in [1.165, 1.54) is 5.39 Å². The number of benzene rings is 2. The molecule has 2 aromatic heterocycles. The van der Waals surface area contributed by atoms with E-state index in [-0.39, 0.29) is 0 Å². The largest absolute Gasteiger partial charge is 0.236 e. The number of rotatable bonds is 0. The van der Waals surface area contributed by atoms with Crippen LogP contribution < -0.4 is 0 Å². The molecule has 4 rings (SSSR count). The van der Waals surface area contributed by atoms with Crippen LogP contribution in [0.2, 0.25) is 0 Å². The maximum Gasteiger partial charge on any atom is 0.118 e. The molecule has 0 unspecified atom stereocenters. The van der Waals surface area contributed by atoms with Gasteiger partial charge >= 0.3 is 0 Å². The Morgan fingerprint density at radius 1 is 0.765 bits per heavy atom. The van der Waals surface area contributed by atoms with E-state index in [1.54, 1.807) is 6.33 Å². The minimum atomic E-state index is 1.01. The Morgan fingerprint density at radius 3 is 2.24 bits per heavy atom. The third kappa shape index (κ3) is 1.11. The van der Waals surface area contributed by atoms with E-state index in [0.29, 0.717) is 0 Å². The summed E-state index contributed by atoms with van der Waals surface area (Å²) in [6.45, 7) is 0. The van der Waals surface area contributed by atoms with Crippen molar-refractivity contribution < 1.29 is 0 Å². The van der Waals surface area contributed by atoms with Gasteiger partial charge in [-0.15, -0.1) is 0 Å². The molecule has 0 radical (unpaired) electrons. The van der Waals surface area contributed by atoms with Crippen molar-refractivity contribution >= 4 is 27.3 Å². The minimum Gasteiger partial charge on any atom is -0.236 e. The summed E-state index contributed by atoms with van der Waals surface area (Å²) in [5, 5.41) is 6.83. The Morgan fingerprint density at radius 2 is 1.41 bits per heavy atom. The number of para-hydroxylation sites is 1. The normalized spacial score (nSPS) is 11.5. The molecule has 3 nitrogen and oxygen atoms in total. The summed E-state index contributed by atoms with van der Waals surface area (Å²) < 4.78 is 1.85. The minimum absolute atomic E-state index is 1.01. The van der Waals surface area contributed by atoms with E-state index < -0.39 is 0 Å². The fourth-order valence-electron chi connectivity index (χ4n) is 2.31. The summed E-state index contributed by atoms with van der Waals surface area (Å²) in [6.07, 6.45) is 1.78. The molecule has 0 saturated heterocycles. The number of fused-ring (bicyclic) bond motifs is 5. The zero-order valence-corrected chi connectivity index (χ0v) is 9.04. The van der Waals surface area contributed by atoms with Crippen LogP contribution in [-0.4, -0.2) is 14.6 Å². The lowest BCUT2D eigenvalue weighted by Crippen LogP contribution is -1.89. The lowest BCUT2D eigenvalue weighted by Gasteiger charge is -1.99. The fourth-order valence-corrected chi connectivity index (χ4v) is 2.31. The van der Waals surface area contributed by atoms with Crippen LogP contribution in [0.1, 0.15) is 0 Å². The molecule has 3 heteroatoms. The maximum atomic E-state index is 4.52. The van der Waals surface area contributed by atoms with Gasteiger partial charge in [-0.3, -0.25) is 0 Å². The lowest BCUT2D eigenvalue weighted by atomic mass is 10.1. The molecule has 0 aliphatic carbocycles. The number of hydrogen-bond acceptors (Lipinski definition) is 2. The van der Waals surface area contributed by atoms with Gasteiger partial charge in [-0.25, -0.2) is 9.50 Å². The Hall–Kier alpha value is -2.42. The molecule has 0 spiro atoms. The molecular weight excluding hydrogens is 210 g/mol. The summed E-state index contributed by atoms with van der Waals surface area (Å²) in [5.74, 6) is 0. The van der Waals surface area contributed by atoms with Crippen molar-refractivity contribution in [3.8, 4) is 0 Å². The maximum absolute atomic E-state index is 4.52. The Bertz CT molecular complexity index is 840. The highest BCUT2D eigenvalue weighted by molar-refractivity contribution is 6.08. The van der Waals surface area contributed by atoms with Gasteiger partial charge in [0, 0.05) is 10.8 Å².